The highest BCUT2D eigenvalue weighted by molar-refractivity contribution is 7.99. The van der Waals surface area contributed by atoms with Crippen molar-refractivity contribution in [1.82, 2.24) is 15.2 Å². The second kappa shape index (κ2) is 11.1. The molecule has 0 radical (unpaired) electrons. The summed E-state index contributed by atoms with van der Waals surface area (Å²) in [4.78, 5) is 29.4. The van der Waals surface area contributed by atoms with Gasteiger partial charge in [-0.1, -0.05) is 23.9 Å². The fourth-order valence-corrected chi connectivity index (χ4v) is 4.82. The molecule has 1 amide bonds. The van der Waals surface area contributed by atoms with E-state index in [1.807, 2.05) is 43.3 Å². The lowest BCUT2D eigenvalue weighted by molar-refractivity contribution is -0.113. The van der Waals surface area contributed by atoms with E-state index in [0.717, 1.165) is 32.6 Å². The molecule has 4 aromatic rings. The second-order valence-corrected chi connectivity index (χ2v) is 9.32. The molecule has 0 atom stereocenters. The highest BCUT2D eigenvalue weighted by atomic mass is 32.2. The number of rotatable bonds is 8. The Morgan fingerprint density at radius 1 is 1.03 bits per heavy atom. The molecule has 0 aliphatic carbocycles. The molecule has 0 bridgehead atoms. The van der Waals surface area contributed by atoms with Gasteiger partial charge >= 0.3 is 5.97 Å². The van der Waals surface area contributed by atoms with Crippen LogP contribution >= 0.6 is 23.1 Å². The van der Waals surface area contributed by atoms with E-state index in [1.54, 1.807) is 42.7 Å². The minimum atomic E-state index is -0.425. The molecule has 35 heavy (non-hydrogen) atoms. The number of ether oxygens (including phenoxy) is 2. The lowest BCUT2D eigenvalue weighted by atomic mass is 10.2. The first-order valence-electron chi connectivity index (χ1n) is 10.5. The number of hydrogen-bond acceptors (Lipinski definition) is 9. The minimum Gasteiger partial charge on any atom is -0.497 e. The Hall–Kier alpha value is -3.76. The standard InChI is InChI=1S/C25H22N4O4S2/c1-15-23(35-24(26-15)17-5-4-6-19(13-17)32-2)20-11-12-22(29-28-20)34-14-21(30)27-18-9-7-16(8-10-18)25(31)33-3/h4-13H,14H2,1-3H3,(H,27,30). The summed E-state index contributed by atoms with van der Waals surface area (Å²) in [6.45, 7) is 1.95. The number of anilines is 1. The van der Waals surface area contributed by atoms with Gasteiger partial charge in [-0.2, -0.15) is 0 Å². The summed E-state index contributed by atoms with van der Waals surface area (Å²) >= 11 is 2.83. The van der Waals surface area contributed by atoms with Crippen LogP contribution in [0.5, 0.6) is 5.75 Å². The topological polar surface area (TPSA) is 103 Å². The highest BCUT2D eigenvalue weighted by Gasteiger charge is 2.14. The van der Waals surface area contributed by atoms with E-state index in [-0.39, 0.29) is 11.7 Å². The lowest BCUT2D eigenvalue weighted by Gasteiger charge is -2.06. The second-order valence-electron chi connectivity index (χ2n) is 7.33. The molecule has 2 aromatic carbocycles. The van der Waals surface area contributed by atoms with Crippen molar-refractivity contribution in [3.8, 4) is 26.9 Å². The van der Waals surface area contributed by atoms with Crippen molar-refractivity contribution in [2.24, 2.45) is 0 Å². The van der Waals surface area contributed by atoms with E-state index in [1.165, 1.54) is 18.9 Å². The van der Waals surface area contributed by atoms with Crippen LogP contribution in [0.4, 0.5) is 5.69 Å². The van der Waals surface area contributed by atoms with Crippen LogP contribution in [0.1, 0.15) is 16.1 Å². The van der Waals surface area contributed by atoms with Gasteiger partial charge in [-0.15, -0.1) is 21.5 Å². The minimum absolute atomic E-state index is 0.173. The molecule has 0 aliphatic heterocycles. The van der Waals surface area contributed by atoms with Gasteiger partial charge in [0, 0.05) is 11.3 Å². The summed E-state index contributed by atoms with van der Waals surface area (Å²) in [5.74, 6) is 0.338. The Kier molecular flexibility index (Phi) is 7.74. The van der Waals surface area contributed by atoms with Crippen LogP contribution < -0.4 is 10.1 Å². The van der Waals surface area contributed by atoms with Gasteiger partial charge in [0.15, 0.2) is 0 Å². The summed E-state index contributed by atoms with van der Waals surface area (Å²) < 4.78 is 9.98. The number of aryl methyl sites for hydroxylation is 1. The molecule has 0 saturated carbocycles. The molecule has 10 heteroatoms. The maximum Gasteiger partial charge on any atom is 0.337 e. The molecular formula is C25H22N4O4S2. The van der Waals surface area contributed by atoms with E-state index >= 15 is 0 Å². The van der Waals surface area contributed by atoms with Crippen molar-refractivity contribution >= 4 is 40.7 Å². The SMILES string of the molecule is COC(=O)c1ccc(NC(=O)CSc2ccc(-c3sc(-c4cccc(OC)c4)nc3C)nn2)cc1. The summed E-state index contributed by atoms with van der Waals surface area (Å²) in [6.07, 6.45) is 0. The van der Waals surface area contributed by atoms with Crippen LogP contribution in [0.2, 0.25) is 0 Å². The first-order valence-corrected chi connectivity index (χ1v) is 12.3. The first kappa shape index (κ1) is 24.4. The van der Waals surface area contributed by atoms with Gasteiger partial charge < -0.3 is 14.8 Å². The maximum absolute atomic E-state index is 12.3. The molecule has 1 N–H and O–H groups in total. The average Bonchev–Trinajstić information content (AvgIpc) is 3.29. The zero-order valence-electron chi connectivity index (χ0n) is 19.3. The molecule has 0 saturated heterocycles. The number of aromatic nitrogens is 3. The number of nitrogens with one attached hydrogen (secondary N) is 1. The number of esters is 1. The van der Waals surface area contributed by atoms with Gasteiger partial charge in [0.2, 0.25) is 5.91 Å². The molecule has 4 rings (SSSR count). The Labute approximate surface area is 210 Å². The van der Waals surface area contributed by atoms with E-state index in [4.69, 9.17) is 4.74 Å². The van der Waals surface area contributed by atoms with Gasteiger partial charge in [0.05, 0.1) is 36.1 Å². The highest BCUT2D eigenvalue weighted by Crippen LogP contribution is 2.35. The fraction of sp³-hybridized carbons (Fsp3) is 0.160. The normalized spacial score (nSPS) is 10.6. The average molecular weight is 507 g/mol. The number of methoxy groups -OCH3 is 2. The van der Waals surface area contributed by atoms with Crippen LogP contribution in [0.25, 0.3) is 21.1 Å². The smallest absolute Gasteiger partial charge is 0.337 e. The van der Waals surface area contributed by atoms with E-state index in [2.05, 4.69) is 25.2 Å². The predicted octanol–water partition coefficient (Wildman–Crippen LogP) is 5.10. The van der Waals surface area contributed by atoms with Crippen molar-refractivity contribution in [1.29, 1.82) is 0 Å². The van der Waals surface area contributed by atoms with Crippen LogP contribution in [-0.2, 0) is 9.53 Å². The summed E-state index contributed by atoms with van der Waals surface area (Å²) in [5.41, 5.74) is 3.60. The van der Waals surface area contributed by atoms with Crippen molar-refractivity contribution in [2.45, 2.75) is 11.9 Å². The van der Waals surface area contributed by atoms with Crippen LogP contribution in [0, 0.1) is 6.92 Å². The quantitative estimate of drug-likeness (QED) is 0.260. The van der Waals surface area contributed by atoms with Crippen molar-refractivity contribution in [3.63, 3.8) is 0 Å². The first-order chi connectivity index (χ1) is 17.0. The van der Waals surface area contributed by atoms with Gasteiger partial charge in [0.25, 0.3) is 0 Å². The van der Waals surface area contributed by atoms with Gasteiger partial charge in [-0.05, 0) is 55.5 Å². The third-order valence-electron chi connectivity index (χ3n) is 4.93. The number of carbonyl (C=O) groups excluding carboxylic acids is 2. The Morgan fingerprint density at radius 3 is 2.51 bits per heavy atom. The number of thioether (sulfide) groups is 1. The lowest BCUT2D eigenvalue weighted by Crippen LogP contribution is -2.14. The molecule has 2 heterocycles. The van der Waals surface area contributed by atoms with Crippen LogP contribution in [0.15, 0.2) is 65.7 Å². The number of nitrogens with zero attached hydrogens (tertiary/aromatic N) is 3. The Balaban J connectivity index is 1.36. The molecule has 0 fully saturated rings. The molecule has 0 aliphatic rings. The number of carbonyl (C=O) groups is 2. The number of amides is 1. The monoisotopic (exact) mass is 506 g/mol. The molecule has 178 valence electrons. The fourth-order valence-electron chi connectivity index (χ4n) is 3.18. The number of thiazole rings is 1. The molecule has 2 aromatic heterocycles. The van der Waals surface area contributed by atoms with E-state index < -0.39 is 5.97 Å². The van der Waals surface area contributed by atoms with Crippen molar-refractivity contribution < 1.29 is 19.1 Å². The van der Waals surface area contributed by atoms with Gasteiger partial charge in [0.1, 0.15) is 21.5 Å². The zero-order chi connectivity index (χ0) is 24.8. The molecule has 0 spiro atoms. The van der Waals surface area contributed by atoms with Gasteiger partial charge in [-0.25, -0.2) is 9.78 Å². The zero-order valence-corrected chi connectivity index (χ0v) is 20.9. The summed E-state index contributed by atoms with van der Waals surface area (Å²) in [5, 5.41) is 12.9. The van der Waals surface area contributed by atoms with Gasteiger partial charge in [-0.3, -0.25) is 4.79 Å². The predicted molar refractivity (Wildman–Crippen MR) is 137 cm³/mol. The summed E-state index contributed by atoms with van der Waals surface area (Å²) in [7, 11) is 2.96. The third-order valence-corrected chi connectivity index (χ3v) is 7.08. The number of benzene rings is 2. The number of hydrogen-bond donors (Lipinski definition) is 1. The molecule has 0 unspecified atom stereocenters. The van der Waals surface area contributed by atoms with E-state index in [0.29, 0.717) is 16.3 Å². The molecular weight excluding hydrogens is 484 g/mol. The van der Waals surface area contributed by atoms with Crippen molar-refractivity contribution in [3.05, 3.63) is 71.9 Å². The van der Waals surface area contributed by atoms with Crippen LogP contribution in [-0.4, -0.2) is 47.0 Å². The van der Waals surface area contributed by atoms with E-state index in [9.17, 15) is 9.59 Å². The van der Waals surface area contributed by atoms with Crippen LogP contribution in [0.3, 0.4) is 0 Å². The Bertz CT molecular complexity index is 1340. The maximum atomic E-state index is 12.3. The Morgan fingerprint density at radius 2 is 1.83 bits per heavy atom. The molecule has 8 nitrogen and oxygen atoms in total. The third kappa shape index (κ3) is 6.03. The summed E-state index contributed by atoms with van der Waals surface area (Å²) in [6, 6.07) is 18.0. The largest absolute Gasteiger partial charge is 0.497 e. The van der Waals surface area contributed by atoms with Crippen molar-refractivity contribution in [2.75, 3.05) is 25.3 Å².